The lowest BCUT2D eigenvalue weighted by Gasteiger charge is -2.24. The van der Waals surface area contributed by atoms with E-state index < -0.39 is 53.5 Å². The molecule has 0 radical (unpaired) electrons. The Labute approximate surface area is 451 Å². The fourth-order valence-corrected chi connectivity index (χ4v) is 7.79. The smallest absolute Gasteiger partial charge is 0.293 e. The predicted molar refractivity (Wildman–Crippen MR) is 279 cm³/mol. The molecule has 0 spiro atoms. The third-order valence-electron chi connectivity index (χ3n) is 12.2. The number of nitrogens with zero attached hydrogens (tertiary/aromatic N) is 8. The van der Waals surface area contributed by atoms with Gasteiger partial charge in [-0.05, 0) is 75.6 Å². The average Bonchev–Trinajstić information content (AvgIpc) is 3.42. The van der Waals surface area contributed by atoms with Gasteiger partial charge in [0.15, 0.2) is 28.5 Å². The average molecular weight is 1100 g/mol. The molecule has 0 bridgehead atoms. The first-order valence-electron chi connectivity index (χ1n) is 25.5. The first-order valence-corrected chi connectivity index (χ1v) is 25.5. The number of ether oxygens (including phenoxy) is 3. The van der Waals surface area contributed by atoms with Crippen LogP contribution in [0.2, 0.25) is 0 Å². The van der Waals surface area contributed by atoms with Gasteiger partial charge in [-0.15, -0.1) is 0 Å². The van der Waals surface area contributed by atoms with Crippen molar-refractivity contribution >= 4 is 82.0 Å². The Bertz CT molecular complexity index is 2470. The monoisotopic (exact) mass is 1100 g/mol. The standard InChI is InChI=1S/C50H75N13O15/c1-32(65)61(73)20-5-9-36(27-44(70)41(11-7-22-63(75)34(3)67)57-49(72)40(51)10-6-21-62(74)33(2)66)42(68)12-8-23-76-25-26-77-24-19-54-45(71)18-17-39(78-31-64)28-43(69)35-13-15-38(16-14-35)60(4)30-37-29-55-48-46(56-37)47(52)58-50(53)59-48/h13-16,29,31,36,39-41,73-75H,5-12,17-28,30,51H2,1-4H3,(H,54,71)(H,57,72)(H4,52,53,55,58,59)/t36-,39+,40+,41+/m1/s1. The van der Waals surface area contributed by atoms with Gasteiger partial charge < -0.3 is 46.9 Å². The summed E-state index contributed by atoms with van der Waals surface area (Å²) in [6, 6.07) is 4.54. The minimum atomic E-state index is -1.16. The van der Waals surface area contributed by atoms with Crippen molar-refractivity contribution in [1.29, 1.82) is 0 Å². The van der Waals surface area contributed by atoms with E-state index >= 15 is 0 Å². The van der Waals surface area contributed by atoms with E-state index in [2.05, 4.69) is 30.6 Å². The van der Waals surface area contributed by atoms with Crippen LogP contribution in [0.4, 0.5) is 17.5 Å². The zero-order valence-electron chi connectivity index (χ0n) is 44.7. The Morgan fingerprint density at radius 1 is 0.718 bits per heavy atom. The number of nitrogens with one attached hydrogen (secondary N) is 2. The summed E-state index contributed by atoms with van der Waals surface area (Å²) in [5.74, 6) is -4.74. The lowest BCUT2D eigenvalue weighted by Crippen LogP contribution is -2.49. The molecule has 2 heterocycles. The number of carbonyl (C=O) groups excluding carboxylic acids is 9. The molecule has 78 heavy (non-hydrogen) atoms. The van der Waals surface area contributed by atoms with Crippen LogP contribution in [0.1, 0.15) is 114 Å². The van der Waals surface area contributed by atoms with Gasteiger partial charge >= 0.3 is 0 Å². The molecule has 3 rings (SSSR count). The summed E-state index contributed by atoms with van der Waals surface area (Å²) < 4.78 is 16.3. The van der Waals surface area contributed by atoms with Gasteiger partial charge in [-0.1, -0.05) is 0 Å². The SMILES string of the molecule is CC(=O)N(O)CCC[C@H](CC(=O)[C@H](CCCN(O)C(C)=O)NC(=O)[C@@H](N)CCCN(O)C(C)=O)C(=O)CCCOCCOCCNC(=O)CC[C@@H](CC(=O)c1ccc(N(C)Cc2cnc3nc(N)nc(N)c3n2)cc1)OC=O. The fourth-order valence-electron chi connectivity index (χ4n) is 7.79. The van der Waals surface area contributed by atoms with Gasteiger partial charge in [0.2, 0.25) is 35.5 Å². The molecule has 3 aromatic rings. The van der Waals surface area contributed by atoms with Gasteiger partial charge in [0.05, 0.1) is 50.3 Å². The highest BCUT2D eigenvalue weighted by molar-refractivity contribution is 5.97. The number of nitrogens with two attached hydrogens (primary N) is 3. The van der Waals surface area contributed by atoms with E-state index in [4.69, 9.17) is 31.4 Å². The van der Waals surface area contributed by atoms with Gasteiger partial charge in [0.1, 0.15) is 11.9 Å². The Morgan fingerprint density at radius 3 is 1.94 bits per heavy atom. The minimum Gasteiger partial charge on any atom is -0.464 e. The van der Waals surface area contributed by atoms with Gasteiger partial charge in [0.25, 0.3) is 6.47 Å². The number of ketones is 3. The summed E-state index contributed by atoms with van der Waals surface area (Å²) in [4.78, 5) is 130. The number of hydrogen-bond acceptors (Lipinski definition) is 23. The van der Waals surface area contributed by atoms with Crippen LogP contribution in [0.25, 0.3) is 11.2 Å². The molecule has 0 aliphatic heterocycles. The second-order valence-corrected chi connectivity index (χ2v) is 18.5. The summed E-state index contributed by atoms with van der Waals surface area (Å²) in [5.41, 5.74) is 20.0. The highest BCUT2D eigenvalue weighted by Crippen LogP contribution is 2.22. The van der Waals surface area contributed by atoms with Crippen LogP contribution in [0, 0.1) is 5.92 Å². The zero-order chi connectivity index (χ0) is 57.7. The van der Waals surface area contributed by atoms with Crippen molar-refractivity contribution < 1.29 is 73.0 Å². The number of amides is 5. The molecule has 28 heteroatoms. The van der Waals surface area contributed by atoms with Crippen LogP contribution in [0.15, 0.2) is 30.5 Å². The summed E-state index contributed by atoms with van der Waals surface area (Å²) in [6.45, 7) is 4.55. The van der Waals surface area contributed by atoms with Crippen LogP contribution in [-0.2, 0) is 59.1 Å². The first-order chi connectivity index (χ1) is 37.1. The predicted octanol–water partition coefficient (Wildman–Crippen LogP) is 1.06. The number of anilines is 3. The summed E-state index contributed by atoms with van der Waals surface area (Å²) in [7, 11) is 1.84. The third-order valence-corrected chi connectivity index (χ3v) is 12.2. The number of carbonyl (C=O) groups is 9. The number of rotatable bonds is 39. The number of benzene rings is 1. The maximum atomic E-state index is 13.8. The Balaban J connectivity index is 1.40. The quantitative estimate of drug-likeness (QED) is 0.0130. The van der Waals surface area contributed by atoms with Crippen molar-refractivity contribution in [2.24, 2.45) is 11.7 Å². The highest BCUT2D eigenvalue weighted by Gasteiger charge is 2.29. The molecule has 1 aromatic carbocycles. The van der Waals surface area contributed by atoms with E-state index in [1.54, 1.807) is 30.5 Å². The Morgan fingerprint density at radius 2 is 1.32 bits per heavy atom. The summed E-state index contributed by atoms with van der Waals surface area (Å²) >= 11 is 0. The first kappa shape index (κ1) is 64.9. The highest BCUT2D eigenvalue weighted by atomic mass is 16.5. The second-order valence-electron chi connectivity index (χ2n) is 18.5. The minimum absolute atomic E-state index is 0.00359. The van der Waals surface area contributed by atoms with Crippen LogP contribution in [-0.4, -0.2) is 182 Å². The fraction of sp³-hybridized carbons (Fsp3) is 0.580. The van der Waals surface area contributed by atoms with Crippen LogP contribution in [0.3, 0.4) is 0 Å². The lowest BCUT2D eigenvalue weighted by atomic mass is 9.87. The third kappa shape index (κ3) is 23.9. The number of hydrogen-bond donors (Lipinski definition) is 8. The number of nitrogen functional groups attached to an aromatic ring is 2. The Hall–Kier alpha value is -7.37. The number of aromatic nitrogens is 4. The van der Waals surface area contributed by atoms with Crippen molar-refractivity contribution in [2.75, 3.05) is 76.0 Å². The molecule has 0 saturated heterocycles. The molecule has 0 aliphatic rings. The van der Waals surface area contributed by atoms with Crippen molar-refractivity contribution in [3.63, 3.8) is 0 Å². The van der Waals surface area contributed by atoms with Crippen LogP contribution < -0.4 is 32.7 Å². The molecule has 430 valence electrons. The topological polar surface area (TPSA) is 409 Å². The van der Waals surface area contributed by atoms with E-state index in [0.29, 0.717) is 38.5 Å². The Kier molecular flexibility index (Phi) is 28.6. The molecular weight excluding hydrogens is 1020 g/mol. The number of fused-ring (bicyclic) bond motifs is 1. The van der Waals surface area contributed by atoms with E-state index in [1.165, 1.54) is 0 Å². The molecule has 0 fully saturated rings. The van der Waals surface area contributed by atoms with Crippen molar-refractivity contribution in [3.05, 3.63) is 41.7 Å². The van der Waals surface area contributed by atoms with Gasteiger partial charge in [-0.2, -0.15) is 9.97 Å². The van der Waals surface area contributed by atoms with Gasteiger partial charge in [0, 0.05) is 103 Å². The zero-order valence-corrected chi connectivity index (χ0v) is 44.7. The molecule has 28 nitrogen and oxygen atoms in total. The normalized spacial score (nSPS) is 12.6. The molecule has 5 amide bonds. The van der Waals surface area contributed by atoms with Crippen molar-refractivity contribution in [3.8, 4) is 0 Å². The molecule has 4 atom stereocenters. The number of Topliss-reactive ketones (excluding diaryl/α,β-unsaturated/α-hetero) is 3. The maximum absolute atomic E-state index is 13.8. The molecule has 0 saturated carbocycles. The van der Waals surface area contributed by atoms with Crippen LogP contribution >= 0.6 is 0 Å². The van der Waals surface area contributed by atoms with E-state index in [-0.39, 0.29) is 171 Å². The van der Waals surface area contributed by atoms with E-state index in [9.17, 15) is 58.8 Å². The molecule has 0 aliphatic carbocycles. The molecule has 11 N–H and O–H groups in total. The van der Waals surface area contributed by atoms with Crippen molar-refractivity contribution in [2.45, 2.75) is 123 Å². The summed E-state index contributed by atoms with van der Waals surface area (Å²) in [6.07, 6.45) is 1.20. The van der Waals surface area contributed by atoms with E-state index in [0.717, 1.165) is 26.5 Å². The van der Waals surface area contributed by atoms with Crippen LogP contribution in [0.5, 0.6) is 0 Å². The van der Waals surface area contributed by atoms with Crippen molar-refractivity contribution in [1.82, 2.24) is 45.8 Å². The largest absolute Gasteiger partial charge is 0.464 e. The number of hydroxylamine groups is 6. The van der Waals surface area contributed by atoms with E-state index in [1.807, 2.05) is 11.9 Å². The summed E-state index contributed by atoms with van der Waals surface area (Å²) in [5, 5.41) is 36.2. The maximum Gasteiger partial charge on any atom is 0.293 e. The molecule has 2 aromatic heterocycles. The lowest BCUT2D eigenvalue weighted by molar-refractivity contribution is -0.163. The molecular formula is C50H75N13O15. The van der Waals surface area contributed by atoms with Gasteiger partial charge in [-0.3, -0.25) is 58.8 Å². The van der Waals surface area contributed by atoms with Gasteiger partial charge in [-0.25, -0.2) is 25.2 Å². The second kappa shape index (κ2) is 34.4. The molecule has 0 unspecified atom stereocenters.